The summed E-state index contributed by atoms with van der Waals surface area (Å²) in [5.74, 6) is -1.29. The number of carbonyl (C=O) groups is 2. The monoisotopic (exact) mass is 262 g/mol. The van der Waals surface area contributed by atoms with E-state index in [2.05, 4.69) is 5.32 Å². The Balaban J connectivity index is 4.62. The average Bonchev–Trinajstić information content (AvgIpc) is 2.24. The normalized spacial score (nSPS) is 14.1. The lowest BCUT2D eigenvalue weighted by atomic mass is 10.2. The molecule has 0 aliphatic carbocycles. The first kappa shape index (κ1) is 16.7. The molecule has 0 saturated heterocycles. The van der Waals surface area contributed by atoms with Crippen molar-refractivity contribution in [3.8, 4) is 0 Å². The number of rotatable bonds is 7. The van der Waals surface area contributed by atoms with Crippen LogP contribution in [0.1, 0.15) is 27.2 Å². The van der Waals surface area contributed by atoms with Crippen LogP contribution in [0.2, 0.25) is 0 Å². The second-order valence-corrected chi connectivity index (χ2v) is 4.37. The standard InChI is InChI=1S/C11H22N2O5/c1-7(2)13(5-4-6-14)11(18)12-9(8(3)15)10(16)17/h7-9,14-15H,4-6H2,1-3H3,(H,12,18)(H,16,17)/t8-,9+/m1/s1. The van der Waals surface area contributed by atoms with Crippen molar-refractivity contribution in [2.45, 2.75) is 45.4 Å². The molecule has 106 valence electrons. The van der Waals surface area contributed by atoms with Crippen molar-refractivity contribution in [1.29, 1.82) is 0 Å². The van der Waals surface area contributed by atoms with Crippen LogP contribution in [0.3, 0.4) is 0 Å². The van der Waals surface area contributed by atoms with Gasteiger partial charge in [0.1, 0.15) is 0 Å². The number of hydrogen-bond donors (Lipinski definition) is 4. The SMILES string of the molecule is CC(C)N(CCCO)C(=O)N[C@H](C(=O)O)[C@@H](C)O. The third-order valence-electron chi connectivity index (χ3n) is 2.47. The molecule has 0 saturated carbocycles. The molecule has 2 atom stereocenters. The number of aliphatic carboxylic acids is 1. The van der Waals surface area contributed by atoms with Crippen LogP contribution >= 0.6 is 0 Å². The lowest BCUT2D eigenvalue weighted by Crippen LogP contribution is -2.54. The molecular weight excluding hydrogens is 240 g/mol. The van der Waals surface area contributed by atoms with Crippen molar-refractivity contribution < 1.29 is 24.9 Å². The Morgan fingerprint density at radius 3 is 2.17 bits per heavy atom. The van der Waals surface area contributed by atoms with E-state index >= 15 is 0 Å². The third-order valence-corrected chi connectivity index (χ3v) is 2.47. The Hall–Kier alpha value is -1.34. The zero-order valence-electron chi connectivity index (χ0n) is 11.0. The number of carboxylic acids is 1. The Morgan fingerprint density at radius 2 is 1.83 bits per heavy atom. The quantitative estimate of drug-likeness (QED) is 0.500. The van der Waals surface area contributed by atoms with Gasteiger partial charge in [-0.25, -0.2) is 9.59 Å². The van der Waals surface area contributed by atoms with Crippen LogP contribution in [0.25, 0.3) is 0 Å². The molecule has 0 aliphatic heterocycles. The minimum atomic E-state index is -1.34. The van der Waals surface area contributed by atoms with Crippen molar-refractivity contribution in [2.75, 3.05) is 13.2 Å². The highest BCUT2D eigenvalue weighted by molar-refractivity contribution is 5.83. The van der Waals surface area contributed by atoms with Crippen LogP contribution in [-0.4, -0.2) is 63.6 Å². The van der Waals surface area contributed by atoms with E-state index in [4.69, 9.17) is 10.2 Å². The summed E-state index contributed by atoms with van der Waals surface area (Å²) < 4.78 is 0. The summed E-state index contributed by atoms with van der Waals surface area (Å²) in [7, 11) is 0. The average molecular weight is 262 g/mol. The van der Waals surface area contributed by atoms with Crippen molar-refractivity contribution in [3.05, 3.63) is 0 Å². The van der Waals surface area contributed by atoms with E-state index in [0.29, 0.717) is 13.0 Å². The summed E-state index contributed by atoms with van der Waals surface area (Å²) in [6.07, 6.45) is -0.767. The second kappa shape index (κ2) is 7.88. The molecule has 7 heteroatoms. The molecule has 0 rings (SSSR count). The van der Waals surface area contributed by atoms with Gasteiger partial charge in [-0.05, 0) is 27.2 Å². The number of urea groups is 1. The highest BCUT2D eigenvalue weighted by atomic mass is 16.4. The topological polar surface area (TPSA) is 110 Å². The highest BCUT2D eigenvalue weighted by Crippen LogP contribution is 2.02. The van der Waals surface area contributed by atoms with E-state index in [9.17, 15) is 14.7 Å². The van der Waals surface area contributed by atoms with Gasteiger partial charge < -0.3 is 25.5 Å². The fraction of sp³-hybridized carbons (Fsp3) is 0.818. The van der Waals surface area contributed by atoms with E-state index < -0.39 is 24.1 Å². The number of nitrogens with zero attached hydrogens (tertiary/aromatic N) is 1. The van der Waals surface area contributed by atoms with E-state index in [1.807, 2.05) is 0 Å². The molecule has 0 radical (unpaired) electrons. The van der Waals surface area contributed by atoms with Gasteiger partial charge in [-0.15, -0.1) is 0 Å². The predicted molar refractivity (Wildman–Crippen MR) is 65.2 cm³/mol. The molecule has 0 unspecified atom stereocenters. The smallest absolute Gasteiger partial charge is 0.328 e. The Labute approximate surface area is 106 Å². The van der Waals surface area contributed by atoms with Gasteiger partial charge in [-0.3, -0.25) is 0 Å². The number of nitrogens with one attached hydrogen (secondary N) is 1. The van der Waals surface area contributed by atoms with Crippen molar-refractivity contribution in [2.24, 2.45) is 0 Å². The van der Waals surface area contributed by atoms with Crippen LogP contribution in [-0.2, 0) is 4.79 Å². The van der Waals surface area contributed by atoms with Crippen molar-refractivity contribution in [3.63, 3.8) is 0 Å². The lowest BCUT2D eigenvalue weighted by Gasteiger charge is -2.29. The number of carbonyl (C=O) groups excluding carboxylic acids is 1. The van der Waals surface area contributed by atoms with Crippen molar-refractivity contribution >= 4 is 12.0 Å². The number of hydrogen-bond acceptors (Lipinski definition) is 4. The zero-order chi connectivity index (χ0) is 14.3. The largest absolute Gasteiger partial charge is 0.480 e. The molecule has 0 fully saturated rings. The lowest BCUT2D eigenvalue weighted by molar-refractivity contribution is -0.141. The van der Waals surface area contributed by atoms with E-state index in [1.165, 1.54) is 11.8 Å². The maximum Gasteiger partial charge on any atom is 0.328 e. The number of amides is 2. The maximum atomic E-state index is 11.9. The fourth-order valence-electron chi connectivity index (χ4n) is 1.44. The minimum Gasteiger partial charge on any atom is -0.480 e. The molecule has 0 bridgehead atoms. The summed E-state index contributed by atoms with van der Waals surface area (Å²) in [6.45, 7) is 5.15. The molecule has 0 heterocycles. The van der Waals surface area contributed by atoms with Gasteiger partial charge in [0.15, 0.2) is 6.04 Å². The minimum absolute atomic E-state index is 0.0464. The summed E-state index contributed by atoms with van der Waals surface area (Å²) in [4.78, 5) is 24.1. The first-order valence-electron chi connectivity index (χ1n) is 5.90. The van der Waals surface area contributed by atoms with Crippen molar-refractivity contribution in [1.82, 2.24) is 10.2 Å². The van der Waals surface area contributed by atoms with Gasteiger partial charge >= 0.3 is 12.0 Å². The number of carboxylic acid groups (broad SMARTS) is 1. The molecule has 0 spiro atoms. The fourth-order valence-corrected chi connectivity index (χ4v) is 1.44. The maximum absolute atomic E-state index is 11.9. The third kappa shape index (κ3) is 5.33. The first-order valence-corrected chi connectivity index (χ1v) is 5.90. The summed E-state index contributed by atoms with van der Waals surface area (Å²) in [5, 5.41) is 29.1. The Bertz CT molecular complexity index is 281. The second-order valence-electron chi connectivity index (χ2n) is 4.37. The van der Waals surface area contributed by atoms with Gasteiger partial charge in [0.05, 0.1) is 6.10 Å². The van der Waals surface area contributed by atoms with Gasteiger partial charge in [-0.2, -0.15) is 0 Å². The van der Waals surface area contributed by atoms with Crippen LogP contribution in [0.15, 0.2) is 0 Å². The molecule has 2 amide bonds. The summed E-state index contributed by atoms with van der Waals surface area (Å²) >= 11 is 0. The van der Waals surface area contributed by atoms with Crippen LogP contribution in [0.4, 0.5) is 4.79 Å². The van der Waals surface area contributed by atoms with E-state index in [-0.39, 0.29) is 12.6 Å². The van der Waals surface area contributed by atoms with Gasteiger partial charge in [0.2, 0.25) is 0 Å². The molecular formula is C11H22N2O5. The number of aliphatic hydroxyl groups is 2. The molecule has 0 aliphatic rings. The Morgan fingerprint density at radius 1 is 1.28 bits per heavy atom. The number of aliphatic hydroxyl groups excluding tert-OH is 2. The Kier molecular flexibility index (Phi) is 7.30. The van der Waals surface area contributed by atoms with Crippen LogP contribution < -0.4 is 5.32 Å². The van der Waals surface area contributed by atoms with E-state index in [1.54, 1.807) is 13.8 Å². The molecule has 18 heavy (non-hydrogen) atoms. The predicted octanol–water partition coefficient (Wildman–Crippen LogP) is -0.377. The molecule has 0 aromatic carbocycles. The van der Waals surface area contributed by atoms with Gasteiger partial charge in [-0.1, -0.05) is 0 Å². The molecule has 7 nitrogen and oxygen atoms in total. The van der Waals surface area contributed by atoms with Gasteiger partial charge in [0, 0.05) is 19.2 Å². The van der Waals surface area contributed by atoms with Crippen LogP contribution in [0.5, 0.6) is 0 Å². The summed E-state index contributed by atoms with van der Waals surface area (Å²) in [6, 6.07) is -2.03. The zero-order valence-corrected chi connectivity index (χ0v) is 11.0. The first-order chi connectivity index (χ1) is 8.31. The molecule has 0 aromatic heterocycles. The summed E-state index contributed by atoms with van der Waals surface area (Å²) in [5.41, 5.74) is 0. The van der Waals surface area contributed by atoms with Crippen LogP contribution in [0, 0.1) is 0 Å². The molecule has 0 aromatic rings. The van der Waals surface area contributed by atoms with E-state index in [0.717, 1.165) is 0 Å². The van der Waals surface area contributed by atoms with Gasteiger partial charge in [0.25, 0.3) is 0 Å². The highest BCUT2D eigenvalue weighted by Gasteiger charge is 2.27. The molecule has 4 N–H and O–H groups in total.